The molecule has 0 aliphatic heterocycles. The largest absolute Gasteiger partial charge is 0.398 e. The molecule has 2 aromatic carbocycles. The van der Waals surface area contributed by atoms with Gasteiger partial charge in [-0.2, -0.15) is 0 Å². The Morgan fingerprint density at radius 1 is 1.21 bits per heavy atom. The molecule has 0 spiro atoms. The van der Waals surface area contributed by atoms with Crippen molar-refractivity contribution in [2.45, 2.75) is 6.92 Å². The van der Waals surface area contributed by atoms with E-state index in [1.807, 2.05) is 13.0 Å². The molecule has 0 aliphatic rings. The molecule has 0 saturated heterocycles. The molecule has 0 unspecified atom stereocenters. The highest BCUT2D eigenvalue weighted by Crippen LogP contribution is 2.21. The second-order valence-electron chi connectivity index (χ2n) is 4.38. The monoisotopic (exact) mass is 258 g/mol. The minimum absolute atomic E-state index is 0.258. The molecule has 0 aromatic heterocycles. The molecule has 0 radical (unpaired) electrons. The third-order valence-electron chi connectivity index (χ3n) is 3.05. The number of nitrogen functional groups attached to an aromatic ring is 1. The summed E-state index contributed by atoms with van der Waals surface area (Å²) in [7, 11) is 1.60. The van der Waals surface area contributed by atoms with Gasteiger partial charge in [-0.25, -0.2) is 4.39 Å². The average Bonchev–Trinajstić information content (AvgIpc) is 2.40. The summed E-state index contributed by atoms with van der Waals surface area (Å²) >= 11 is 0. The van der Waals surface area contributed by atoms with Crippen molar-refractivity contribution >= 4 is 17.3 Å². The molecule has 0 bridgehead atoms. The molecule has 0 heterocycles. The standard InChI is InChI=1S/C15H15FN2O/c1-10-5-3-8-13(14(10)17)15(19)18(2)12-7-4-6-11(16)9-12/h3-9H,17H2,1-2H3. The van der Waals surface area contributed by atoms with E-state index >= 15 is 0 Å². The van der Waals surface area contributed by atoms with Crippen LogP contribution >= 0.6 is 0 Å². The zero-order valence-electron chi connectivity index (χ0n) is 10.9. The molecule has 19 heavy (non-hydrogen) atoms. The van der Waals surface area contributed by atoms with Crippen LogP contribution in [0.15, 0.2) is 42.5 Å². The van der Waals surface area contributed by atoms with Gasteiger partial charge in [0.2, 0.25) is 0 Å². The molecule has 2 N–H and O–H groups in total. The number of nitrogens with two attached hydrogens (primary N) is 1. The number of hydrogen-bond acceptors (Lipinski definition) is 2. The van der Waals surface area contributed by atoms with Crippen molar-refractivity contribution in [1.29, 1.82) is 0 Å². The van der Waals surface area contributed by atoms with Crippen LogP contribution in [0, 0.1) is 12.7 Å². The number of halogens is 1. The van der Waals surface area contributed by atoms with Gasteiger partial charge in [0, 0.05) is 18.4 Å². The topological polar surface area (TPSA) is 46.3 Å². The normalized spacial score (nSPS) is 10.3. The second-order valence-corrected chi connectivity index (χ2v) is 4.38. The third-order valence-corrected chi connectivity index (χ3v) is 3.05. The van der Waals surface area contributed by atoms with Crippen molar-refractivity contribution in [2.24, 2.45) is 0 Å². The van der Waals surface area contributed by atoms with E-state index in [4.69, 9.17) is 5.73 Å². The van der Waals surface area contributed by atoms with E-state index < -0.39 is 0 Å². The molecule has 0 saturated carbocycles. The van der Waals surface area contributed by atoms with Crippen molar-refractivity contribution in [2.75, 3.05) is 17.7 Å². The smallest absolute Gasteiger partial charge is 0.260 e. The van der Waals surface area contributed by atoms with E-state index in [1.54, 1.807) is 31.3 Å². The summed E-state index contributed by atoms with van der Waals surface area (Å²) in [5.41, 5.74) is 8.12. The maximum absolute atomic E-state index is 13.2. The van der Waals surface area contributed by atoms with Crippen LogP contribution in [0.4, 0.5) is 15.8 Å². The van der Waals surface area contributed by atoms with Crippen LogP contribution < -0.4 is 10.6 Å². The molecule has 98 valence electrons. The molecular weight excluding hydrogens is 243 g/mol. The van der Waals surface area contributed by atoms with E-state index in [2.05, 4.69) is 0 Å². The highest BCUT2D eigenvalue weighted by Gasteiger charge is 2.17. The number of carbonyl (C=O) groups is 1. The molecule has 0 aliphatic carbocycles. The fourth-order valence-electron chi connectivity index (χ4n) is 1.85. The first-order valence-corrected chi connectivity index (χ1v) is 5.89. The molecule has 0 fully saturated rings. The maximum atomic E-state index is 13.2. The van der Waals surface area contributed by atoms with Crippen molar-refractivity contribution in [3.8, 4) is 0 Å². The summed E-state index contributed by atoms with van der Waals surface area (Å²) < 4.78 is 13.2. The first-order valence-electron chi connectivity index (χ1n) is 5.89. The second kappa shape index (κ2) is 5.10. The van der Waals surface area contributed by atoms with Gasteiger partial charge in [0.05, 0.1) is 5.56 Å². The number of para-hydroxylation sites is 1. The number of rotatable bonds is 2. The molecule has 4 heteroatoms. The number of anilines is 2. The van der Waals surface area contributed by atoms with E-state index in [-0.39, 0.29) is 11.7 Å². The van der Waals surface area contributed by atoms with Gasteiger partial charge in [-0.05, 0) is 36.8 Å². The Morgan fingerprint density at radius 3 is 2.58 bits per heavy atom. The van der Waals surface area contributed by atoms with Gasteiger partial charge in [0.25, 0.3) is 5.91 Å². The van der Waals surface area contributed by atoms with Crippen molar-refractivity contribution in [1.82, 2.24) is 0 Å². The van der Waals surface area contributed by atoms with Crippen LogP contribution in [0.3, 0.4) is 0 Å². The first kappa shape index (κ1) is 13.1. The number of nitrogens with zero attached hydrogens (tertiary/aromatic N) is 1. The number of hydrogen-bond donors (Lipinski definition) is 1. The molecule has 3 nitrogen and oxygen atoms in total. The zero-order chi connectivity index (χ0) is 14.0. The minimum Gasteiger partial charge on any atom is -0.398 e. The van der Waals surface area contributed by atoms with E-state index in [0.717, 1.165) is 5.56 Å². The van der Waals surface area contributed by atoms with Crippen molar-refractivity contribution in [3.05, 3.63) is 59.4 Å². The fourth-order valence-corrected chi connectivity index (χ4v) is 1.85. The predicted molar refractivity (Wildman–Crippen MR) is 74.7 cm³/mol. The van der Waals surface area contributed by atoms with E-state index in [0.29, 0.717) is 16.9 Å². The van der Waals surface area contributed by atoms with Gasteiger partial charge in [-0.1, -0.05) is 18.2 Å². The van der Waals surface area contributed by atoms with E-state index in [9.17, 15) is 9.18 Å². The summed E-state index contributed by atoms with van der Waals surface area (Å²) in [4.78, 5) is 13.7. The van der Waals surface area contributed by atoms with Crippen molar-refractivity contribution in [3.63, 3.8) is 0 Å². The summed E-state index contributed by atoms with van der Waals surface area (Å²) in [6.45, 7) is 1.84. The highest BCUT2D eigenvalue weighted by molar-refractivity contribution is 6.09. The molecule has 0 atom stereocenters. The Labute approximate surface area is 111 Å². The van der Waals surface area contributed by atoms with Gasteiger partial charge < -0.3 is 10.6 Å². The van der Waals surface area contributed by atoms with Crippen LogP contribution in [-0.4, -0.2) is 13.0 Å². The van der Waals surface area contributed by atoms with Crippen molar-refractivity contribution < 1.29 is 9.18 Å². The van der Waals surface area contributed by atoms with Crippen LogP contribution in [0.2, 0.25) is 0 Å². The number of carbonyl (C=O) groups excluding carboxylic acids is 1. The lowest BCUT2D eigenvalue weighted by Gasteiger charge is -2.19. The summed E-state index contributed by atoms with van der Waals surface area (Å²) in [5, 5.41) is 0. The van der Waals surface area contributed by atoms with Crippen LogP contribution in [0.25, 0.3) is 0 Å². The third kappa shape index (κ3) is 2.57. The van der Waals surface area contributed by atoms with Gasteiger partial charge in [-0.3, -0.25) is 4.79 Å². The first-order chi connectivity index (χ1) is 9.00. The quantitative estimate of drug-likeness (QED) is 0.842. The Bertz CT molecular complexity index is 625. The lowest BCUT2D eigenvalue weighted by atomic mass is 10.1. The van der Waals surface area contributed by atoms with Gasteiger partial charge >= 0.3 is 0 Å². The molecule has 2 rings (SSSR count). The van der Waals surface area contributed by atoms with Gasteiger partial charge in [-0.15, -0.1) is 0 Å². The Hall–Kier alpha value is -2.36. The van der Waals surface area contributed by atoms with Crippen LogP contribution in [-0.2, 0) is 0 Å². The maximum Gasteiger partial charge on any atom is 0.260 e. The van der Waals surface area contributed by atoms with E-state index in [1.165, 1.54) is 17.0 Å². The molecular formula is C15H15FN2O. The summed E-state index contributed by atoms with van der Waals surface area (Å²) in [6.07, 6.45) is 0. The Kier molecular flexibility index (Phi) is 3.51. The number of amides is 1. The van der Waals surface area contributed by atoms with Gasteiger partial charge in [0.15, 0.2) is 0 Å². The Balaban J connectivity index is 2.36. The SMILES string of the molecule is Cc1cccc(C(=O)N(C)c2cccc(F)c2)c1N. The summed E-state index contributed by atoms with van der Waals surface area (Å²) in [6, 6.07) is 11.2. The van der Waals surface area contributed by atoms with Crippen LogP contribution in [0.5, 0.6) is 0 Å². The summed E-state index contributed by atoms with van der Waals surface area (Å²) in [5.74, 6) is -0.638. The molecule has 1 amide bonds. The minimum atomic E-state index is -0.380. The van der Waals surface area contributed by atoms with Crippen LogP contribution in [0.1, 0.15) is 15.9 Å². The lowest BCUT2D eigenvalue weighted by molar-refractivity contribution is 0.0994. The molecule has 2 aromatic rings. The zero-order valence-corrected chi connectivity index (χ0v) is 10.9. The number of benzene rings is 2. The fraction of sp³-hybridized carbons (Fsp3) is 0.133. The Morgan fingerprint density at radius 2 is 1.89 bits per heavy atom. The highest BCUT2D eigenvalue weighted by atomic mass is 19.1. The van der Waals surface area contributed by atoms with Gasteiger partial charge in [0.1, 0.15) is 5.82 Å². The lowest BCUT2D eigenvalue weighted by Crippen LogP contribution is -2.27. The number of aryl methyl sites for hydroxylation is 1. The average molecular weight is 258 g/mol. The predicted octanol–water partition coefficient (Wildman–Crippen LogP) is 2.99.